The van der Waals surface area contributed by atoms with Crippen LogP contribution in [-0.2, 0) is 4.79 Å². The molecule has 58 valence electrons. The Morgan fingerprint density at radius 1 is 1.73 bits per heavy atom. The fourth-order valence-corrected chi connectivity index (χ4v) is 0.925. The van der Waals surface area contributed by atoms with Crippen LogP contribution in [0.1, 0.15) is 5.56 Å². The normalized spacial score (nSPS) is 11.5. The fourth-order valence-electron chi connectivity index (χ4n) is 0.565. The van der Waals surface area contributed by atoms with Crippen LogP contribution in [0.4, 0.5) is 0 Å². The van der Waals surface area contributed by atoms with Crippen molar-refractivity contribution in [2.24, 2.45) is 0 Å². The Kier molecular flexibility index (Phi) is 2.70. The van der Waals surface area contributed by atoms with Crippen molar-refractivity contribution < 1.29 is 14.3 Å². The number of furan rings is 1. The second kappa shape index (κ2) is 3.56. The summed E-state index contributed by atoms with van der Waals surface area (Å²) < 4.78 is 5.02. The molecule has 1 heterocycles. The number of halogens is 1. The van der Waals surface area contributed by atoms with Gasteiger partial charge < -0.3 is 9.52 Å². The van der Waals surface area contributed by atoms with Crippen molar-refractivity contribution in [3.8, 4) is 0 Å². The van der Waals surface area contributed by atoms with E-state index in [0.29, 0.717) is 0 Å². The molecule has 11 heavy (non-hydrogen) atoms. The summed E-state index contributed by atoms with van der Waals surface area (Å²) in [6.07, 6.45) is 4.52. The van der Waals surface area contributed by atoms with Gasteiger partial charge in [0.05, 0.1) is 16.1 Å². The van der Waals surface area contributed by atoms with Crippen LogP contribution in [0.2, 0.25) is 0 Å². The smallest absolute Gasteiger partial charge is 0.341 e. The highest BCUT2D eigenvalue weighted by molar-refractivity contribution is 14.1. The molecule has 1 rings (SSSR count). The lowest BCUT2D eigenvalue weighted by molar-refractivity contribution is -0.131. The topological polar surface area (TPSA) is 50.4 Å². The third-order valence-corrected chi connectivity index (χ3v) is 1.81. The first-order chi connectivity index (χ1) is 5.20. The van der Waals surface area contributed by atoms with Crippen molar-refractivity contribution in [1.29, 1.82) is 0 Å². The molecule has 0 bridgehead atoms. The Bertz CT molecular complexity index is 274. The minimum absolute atomic E-state index is 0.268. The van der Waals surface area contributed by atoms with Gasteiger partial charge in [0.15, 0.2) is 0 Å². The summed E-state index contributed by atoms with van der Waals surface area (Å²) in [4.78, 5) is 10.3. The van der Waals surface area contributed by atoms with Crippen LogP contribution in [0, 0.1) is 0 Å². The summed E-state index contributed by atoms with van der Waals surface area (Å²) in [6, 6.07) is 1.70. The van der Waals surface area contributed by atoms with Crippen molar-refractivity contribution in [3.05, 3.63) is 27.7 Å². The van der Waals surface area contributed by atoms with Crippen molar-refractivity contribution in [1.82, 2.24) is 0 Å². The Balaban J connectivity index is 2.82. The van der Waals surface area contributed by atoms with Crippen LogP contribution in [0.5, 0.6) is 0 Å². The van der Waals surface area contributed by atoms with Gasteiger partial charge in [0, 0.05) is 5.56 Å². The third-order valence-electron chi connectivity index (χ3n) is 1.04. The van der Waals surface area contributed by atoms with Gasteiger partial charge >= 0.3 is 5.97 Å². The Hall–Kier alpha value is -0.780. The molecule has 0 aromatic carbocycles. The molecule has 1 aromatic rings. The van der Waals surface area contributed by atoms with E-state index < -0.39 is 5.97 Å². The minimum Gasteiger partial charge on any atom is -0.477 e. The molecular formula is C7H5IO3. The molecule has 0 radical (unpaired) electrons. The van der Waals surface area contributed by atoms with Crippen LogP contribution in [0.3, 0.4) is 0 Å². The second-order valence-corrected chi connectivity index (χ2v) is 3.02. The van der Waals surface area contributed by atoms with Crippen molar-refractivity contribution in [2.45, 2.75) is 0 Å². The largest absolute Gasteiger partial charge is 0.477 e. The third kappa shape index (κ3) is 2.38. The first-order valence-corrected chi connectivity index (χ1v) is 3.90. The predicted octanol–water partition coefficient (Wildman–Crippen LogP) is 2.14. The van der Waals surface area contributed by atoms with Crippen molar-refractivity contribution in [3.63, 3.8) is 0 Å². The van der Waals surface area contributed by atoms with Gasteiger partial charge in [0.2, 0.25) is 0 Å². The van der Waals surface area contributed by atoms with Gasteiger partial charge in [-0.25, -0.2) is 4.79 Å². The van der Waals surface area contributed by atoms with Gasteiger partial charge in [-0.3, -0.25) is 0 Å². The molecule has 0 aliphatic rings. The lowest BCUT2D eigenvalue weighted by Crippen LogP contribution is -1.91. The van der Waals surface area contributed by atoms with Gasteiger partial charge in [0.25, 0.3) is 0 Å². The van der Waals surface area contributed by atoms with Crippen LogP contribution in [0.25, 0.3) is 6.08 Å². The first-order valence-electron chi connectivity index (χ1n) is 2.83. The molecule has 1 N–H and O–H groups in total. The molecule has 0 saturated carbocycles. The number of hydrogen-bond donors (Lipinski definition) is 1. The molecule has 4 heteroatoms. The molecule has 3 nitrogen and oxygen atoms in total. The Morgan fingerprint density at radius 3 is 2.91 bits per heavy atom. The van der Waals surface area contributed by atoms with E-state index in [4.69, 9.17) is 9.52 Å². The maximum absolute atomic E-state index is 10.3. The summed E-state index contributed by atoms with van der Waals surface area (Å²) in [7, 11) is 0. The molecule has 0 amide bonds. The number of carbonyl (C=O) groups is 1. The van der Waals surface area contributed by atoms with Crippen molar-refractivity contribution >= 4 is 34.6 Å². The fraction of sp³-hybridized carbons (Fsp3) is 0. The highest BCUT2D eigenvalue weighted by Gasteiger charge is 2.01. The number of carboxylic acids is 1. The lowest BCUT2D eigenvalue weighted by atomic mass is 10.3. The van der Waals surface area contributed by atoms with Crippen molar-refractivity contribution in [2.75, 3.05) is 0 Å². The predicted molar refractivity (Wildman–Crippen MR) is 48.3 cm³/mol. The first kappa shape index (κ1) is 8.32. The SMILES string of the molecule is O=C(O)C(I)=Cc1ccoc1. The quantitative estimate of drug-likeness (QED) is 0.657. The zero-order valence-electron chi connectivity index (χ0n) is 5.45. The van der Waals surface area contributed by atoms with Gasteiger partial charge in [-0.2, -0.15) is 0 Å². The number of carboxylic acid groups (broad SMARTS) is 1. The van der Waals surface area contributed by atoms with E-state index >= 15 is 0 Å². The minimum atomic E-state index is -0.924. The highest BCUT2D eigenvalue weighted by Crippen LogP contribution is 2.12. The van der Waals surface area contributed by atoms with E-state index in [1.54, 1.807) is 28.7 Å². The van der Waals surface area contributed by atoms with E-state index in [0.717, 1.165) is 5.56 Å². The van der Waals surface area contributed by atoms with Crippen LogP contribution < -0.4 is 0 Å². The average molecular weight is 264 g/mol. The van der Waals surface area contributed by atoms with E-state index in [2.05, 4.69) is 0 Å². The highest BCUT2D eigenvalue weighted by atomic mass is 127. The Morgan fingerprint density at radius 2 is 2.45 bits per heavy atom. The molecule has 0 unspecified atom stereocenters. The summed E-state index contributed by atoms with van der Waals surface area (Å²) in [5.41, 5.74) is 0.761. The summed E-state index contributed by atoms with van der Waals surface area (Å²) in [5.74, 6) is -0.924. The number of rotatable bonds is 2. The average Bonchev–Trinajstić information content (AvgIpc) is 2.39. The molecule has 0 fully saturated rings. The molecule has 0 spiro atoms. The zero-order valence-corrected chi connectivity index (χ0v) is 7.61. The van der Waals surface area contributed by atoms with Crippen LogP contribution in [-0.4, -0.2) is 11.1 Å². The zero-order chi connectivity index (χ0) is 8.27. The molecule has 1 aromatic heterocycles. The summed E-state index contributed by atoms with van der Waals surface area (Å²) >= 11 is 1.75. The van der Waals surface area contributed by atoms with Gasteiger partial charge in [-0.1, -0.05) is 0 Å². The van der Waals surface area contributed by atoms with Gasteiger partial charge in [-0.15, -0.1) is 0 Å². The Labute approximate surface area is 76.8 Å². The summed E-state index contributed by atoms with van der Waals surface area (Å²) in [6.45, 7) is 0. The summed E-state index contributed by atoms with van der Waals surface area (Å²) in [5, 5.41) is 8.47. The monoisotopic (exact) mass is 264 g/mol. The standard InChI is InChI=1S/C7H5IO3/c8-6(7(9)10)3-5-1-2-11-4-5/h1-4H,(H,9,10). The number of hydrogen-bond acceptors (Lipinski definition) is 2. The molecule has 0 aliphatic heterocycles. The van der Waals surface area contributed by atoms with Gasteiger partial charge in [0.1, 0.15) is 0 Å². The van der Waals surface area contributed by atoms with Gasteiger partial charge in [-0.05, 0) is 34.7 Å². The maximum atomic E-state index is 10.3. The molecule has 0 aliphatic carbocycles. The number of aliphatic carboxylic acids is 1. The molecule has 0 saturated heterocycles. The van der Waals surface area contributed by atoms with Crippen LogP contribution >= 0.6 is 22.6 Å². The van der Waals surface area contributed by atoms with E-state index in [-0.39, 0.29) is 3.58 Å². The van der Waals surface area contributed by atoms with Crippen LogP contribution in [0.15, 0.2) is 26.6 Å². The molecular weight excluding hydrogens is 259 g/mol. The molecule has 0 atom stereocenters. The van der Waals surface area contributed by atoms with E-state index in [9.17, 15) is 4.79 Å². The lowest BCUT2D eigenvalue weighted by Gasteiger charge is -1.86. The van der Waals surface area contributed by atoms with E-state index in [1.807, 2.05) is 0 Å². The second-order valence-electron chi connectivity index (χ2n) is 1.85. The van der Waals surface area contributed by atoms with E-state index in [1.165, 1.54) is 18.6 Å². The maximum Gasteiger partial charge on any atom is 0.341 e.